The molecule has 1 rings (SSSR count). The van der Waals surface area contributed by atoms with Crippen LogP contribution >= 0.6 is 0 Å². The van der Waals surface area contributed by atoms with Gasteiger partial charge in [-0.15, -0.1) is 0 Å². The summed E-state index contributed by atoms with van der Waals surface area (Å²) in [6, 6.07) is 8.99. The highest BCUT2D eigenvalue weighted by atomic mass is 16.7. The zero-order chi connectivity index (χ0) is 22.0. The van der Waals surface area contributed by atoms with Gasteiger partial charge < -0.3 is 9.47 Å². The van der Waals surface area contributed by atoms with Crippen molar-refractivity contribution in [3.05, 3.63) is 96.7 Å². The van der Waals surface area contributed by atoms with Gasteiger partial charge >= 0.3 is 11.9 Å². The van der Waals surface area contributed by atoms with E-state index in [-0.39, 0.29) is 19.8 Å². The number of allylic oxidation sites excluding steroid dienone is 10. The van der Waals surface area contributed by atoms with Crippen LogP contribution in [0, 0.1) is 5.92 Å². The van der Waals surface area contributed by atoms with Gasteiger partial charge in [0.25, 0.3) is 6.29 Å². The molecule has 31 heavy (non-hydrogen) atoms. The van der Waals surface area contributed by atoms with Crippen molar-refractivity contribution in [2.75, 3.05) is 0 Å². The standard InChI is InChI=1S/C26H32O4.CH4/c1-4-5-6-7-8-9-10-11-12-13-14-18-21-24(27)29-26(30-25(28)22(2)3)23-19-16-15-17-20-23;/h5-17,19-20,22,26H,4,18,21H2,1-3H3;1H4/b6-5+,8-7+,10-9+,12-11+,14-13?;. The molecule has 0 radical (unpaired) electrons. The van der Waals surface area contributed by atoms with Gasteiger partial charge in [-0.1, -0.05) is 119 Å². The Morgan fingerprint density at radius 1 is 0.839 bits per heavy atom. The van der Waals surface area contributed by atoms with Gasteiger partial charge in [-0.25, -0.2) is 0 Å². The van der Waals surface area contributed by atoms with Crippen molar-refractivity contribution in [2.45, 2.75) is 53.8 Å². The van der Waals surface area contributed by atoms with Crippen molar-refractivity contribution in [3.63, 3.8) is 0 Å². The lowest BCUT2D eigenvalue weighted by atomic mass is 10.2. The molecule has 1 atom stereocenters. The van der Waals surface area contributed by atoms with Crippen molar-refractivity contribution in [1.82, 2.24) is 0 Å². The summed E-state index contributed by atoms with van der Waals surface area (Å²) >= 11 is 0. The van der Waals surface area contributed by atoms with Crippen LogP contribution in [-0.2, 0) is 19.1 Å². The first kappa shape index (κ1) is 27.9. The Balaban J connectivity index is 0.00000900. The molecule has 0 amide bonds. The summed E-state index contributed by atoms with van der Waals surface area (Å²) in [5.74, 6) is -1.13. The van der Waals surface area contributed by atoms with Crippen LogP contribution < -0.4 is 0 Å². The average Bonchev–Trinajstić information content (AvgIpc) is 2.74. The Labute approximate surface area is 187 Å². The maximum Gasteiger partial charge on any atom is 0.311 e. The summed E-state index contributed by atoms with van der Waals surface area (Å²) in [6.45, 7) is 5.57. The van der Waals surface area contributed by atoms with Gasteiger partial charge in [-0.3, -0.25) is 9.59 Å². The molecular weight excluding hydrogens is 388 g/mol. The second-order valence-electron chi connectivity index (χ2n) is 6.78. The van der Waals surface area contributed by atoms with E-state index in [1.807, 2.05) is 60.8 Å². The van der Waals surface area contributed by atoms with E-state index in [9.17, 15) is 9.59 Å². The van der Waals surface area contributed by atoms with Gasteiger partial charge in [0.15, 0.2) is 0 Å². The number of hydrogen-bond donors (Lipinski definition) is 0. The number of benzene rings is 1. The summed E-state index contributed by atoms with van der Waals surface area (Å²) in [5, 5.41) is 0. The molecule has 0 aliphatic rings. The molecule has 0 bridgehead atoms. The minimum Gasteiger partial charge on any atom is -0.421 e. The van der Waals surface area contributed by atoms with Crippen molar-refractivity contribution < 1.29 is 19.1 Å². The highest BCUT2D eigenvalue weighted by Crippen LogP contribution is 2.21. The Hall–Kier alpha value is -3.14. The highest BCUT2D eigenvalue weighted by molar-refractivity contribution is 5.73. The number of rotatable bonds is 12. The Morgan fingerprint density at radius 2 is 1.39 bits per heavy atom. The van der Waals surface area contributed by atoms with Crippen LogP contribution in [0.1, 0.15) is 59.3 Å². The molecular formula is C27H36O4. The maximum atomic E-state index is 12.2. The molecule has 1 unspecified atom stereocenters. The third-order valence-corrected chi connectivity index (χ3v) is 3.81. The summed E-state index contributed by atoms with van der Waals surface area (Å²) in [7, 11) is 0. The third kappa shape index (κ3) is 13.7. The number of carbonyl (C=O) groups is 2. The van der Waals surface area contributed by atoms with Gasteiger partial charge in [0.05, 0.1) is 5.92 Å². The molecule has 0 N–H and O–H groups in total. The summed E-state index contributed by atoms with van der Waals surface area (Å²) < 4.78 is 10.8. The van der Waals surface area contributed by atoms with Crippen LogP contribution in [0.25, 0.3) is 0 Å². The van der Waals surface area contributed by atoms with E-state index in [1.54, 1.807) is 38.1 Å². The summed E-state index contributed by atoms with van der Waals surface area (Å²) in [6.07, 6.45) is 20.3. The van der Waals surface area contributed by atoms with E-state index in [0.717, 1.165) is 6.42 Å². The first-order chi connectivity index (χ1) is 14.5. The van der Waals surface area contributed by atoms with Crippen LogP contribution in [0.3, 0.4) is 0 Å². The van der Waals surface area contributed by atoms with Crippen LogP contribution in [0.5, 0.6) is 0 Å². The fourth-order valence-corrected chi connectivity index (χ4v) is 2.17. The highest BCUT2D eigenvalue weighted by Gasteiger charge is 2.22. The van der Waals surface area contributed by atoms with Gasteiger partial charge in [-0.2, -0.15) is 0 Å². The van der Waals surface area contributed by atoms with Crippen LogP contribution in [0.15, 0.2) is 91.1 Å². The topological polar surface area (TPSA) is 52.6 Å². The molecule has 0 saturated heterocycles. The van der Waals surface area contributed by atoms with Crippen LogP contribution in [0.4, 0.5) is 0 Å². The van der Waals surface area contributed by atoms with Crippen molar-refractivity contribution in [1.29, 1.82) is 0 Å². The second kappa shape index (κ2) is 17.7. The molecule has 0 aromatic heterocycles. The third-order valence-electron chi connectivity index (χ3n) is 3.81. The van der Waals surface area contributed by atoms with Crippen LogP contribution in [-0.4, -0.2) is 11.9 Å². The van der Waals surface area contributed by atoms with Crippen molar-refractivity contribution in [2.24, 2.45) is 5.92 Å². The second-order valence-corrected chi connectivity index (χ2v) is 6.78. The van der Waals surface area contributed by atoms with E-state index in [4.69, 9.17) is 9.47 Å². The Morgan fingerprint density at radius 3 is 1.94 bits per heavy atom. The summed E-state index contributed by atoms with van der Waals surface area (Å²) in [5.41, 5.74) is 0.629. The lowest BCUT2D eigenvalue weighted by molar-refractivity contribution is -0.192. The Kier molecular flexibility index (Phi) is 15.9. The average molecular weight is 425 g/mol. The minimum absolute atomic E-state index is 0. The number of carbonyl (C=O) groups excluding carboxylic acids is 2. The van der Waals surface area contributed by atoms with Gasteiger partial charge in [0.1, 0.15) is 0 Å². The van der Waals surface area contributed by atoms with Gasteiger partial charge in [-0.05, 0) is 12.8 Å². The molecule has 4 heteroatoms. The fourth-order valence-electron chi connectivity index (χ4n) is 2.17. The van der Waals surface area contributed by atoms with E-state index in [1.165, 1.54) is 0 Å². The normalized spacial score (nSPS) is 12.9. The van der Waals surface area contributed by atoms with E-state index in [0.29, 0.717) is 12.0 Å². The monoisotopic (exact) mass is 424 g/mol. The first-order valence-electron chi connectivity index (χ1n) is 10.3. The molecule has 0 aliphatic carbocycles. The van der Waals surface area contributed by atoms with Gasteiger partial charge in [0, 0.05) is 12.0 Å². The SMILES string of the molecule is C.CC/C=C/C=C/C=C/C=C/C=CCCC(=O)OC(OC(=O)C(C)C)c1ccccc1. The lowest BCUT2D eigenvalue weighted by Gasteiger charge is -2.19. The zero-order valence-electron chi connectivity index (χ0n) is 18.1. The quantitative estimate of drug-likeness (QED) is 0.205. The maximum absolute atomic E-state index is 12.2. The summed E-state index contributed by atoms with van der Waals surface area (Å²) in [4.78, 5) is 24.1. The van der Waals surface area contributed by atoms with Crippen molar-refractivity contribution in [3.8, 4) is 0 Å². The molecule has 0 saturated carbocycles. The predicted molar refractivity (Wildman–Crippen MR) is 128 cm³/mol. The Bertz CT molecular complexity index is 768. The molecule has 0 spiro atoms. The largest absolute Gasteiger partial charge is 0.421 e. The molecule has 0 aliphatic heterocycles. The molecule has 0 fully saturated rings. The molecule has 1 aromatic carbocycles. The van der Waals surface area contributed by atoms with E-state index in [2.05, 4.69) is 13.0 Å². The molecule has 168 valence electrons. The van der Waals surface area contributed by atoms with E-state index >= 15 is 0 Å². The lowest BCUT2D eigenvalue weighted by Crippen LogP contribution is -2.20. The van der Waals surface area contributed by atoms with E-state index < -0.39 is 18.2 Å². The van der Waals surface area contributed by atoms with Crippen molar-refractivity contribution >= 4 is 11.9 Å². The predicted octanol–water partition coefficient (Wildman–Crippen LogP) is 7.03. The molecule has 0 heterocycles. The smallest absolute Gasteiger partial charge is 0.311 e. The fraction of sp³-hybridized carbons (Fsp3) is 0.333. The number of esters is 2. The first-order valence-corrected chi connectivity index (χ1v) is 10.3. The van der Waals surface area contributed by atoms with Gasteiger partial charge in [0.2, 0.25) is 0 Å². The molecule has 1 aromatic rings. The van der Waals surface area contributed by atoms with Crippen LogP contribution in [0.2, 0.25) is 0 Å². The minimum atomic E-state index is -1.03. The zero-order valence-corrected chi connectivity index (χ0v) is 18.1. The number of hydrogen-bond acceptors (Lipinski definition) is 4. The number of ether oxygens (including phenoxy) is 2. The molecule has 4 nitrogen and oxygen atoms in total.